The number of benzene rings is 4. The lowest BCUT2D eigenvalue weighted by Crippen LogP contribution is -2.33. The van der Waals surface area contributed by atoms with Crippen LogP contribution in [0.4, 0.5) is 11.4 Å². The van der Waals surface area contributed by atoms with Gasteiger partial charge in [0.05, 0.1) is 11.0 Å². The van der Waals surface area contributed by atoms with Crippen molar-refractivity contribution in [2.75, 3.05) is 17.7 Å². The van der Waals surface area contributed by atoms with Crippen molar-refractivity contribution in [3.8, 4) is 11.1 Å². The number of aliphatic carboxylic acids is 3. The van der Waals surface area contributed by atoms with Gasteiger partial charge in [-0.1, -0.05) is 85.4 Å². The van der Waals surface area contributed by atoms with E-state index in [2.05, 4.69) is 96.1 Å². The highest BCUT2D eigenvalue weighted by Gasteiger charge is 2.42. The zero-order chi connectivity index (χ0) is 49.7. The van der Waals surface area contributed by atoms with Crippen LogP contribution in [0.25, 0.3) is 33.8 Å². The van der Waals surface area contributed by atoms with E-state index in [0.717, 1.165) is 80.8 Å². The number of anilines is 2. The van der Waals surface area contributed by atoms with Crippen LogP contribution < -0.4 is 25.2 Å². The predicted molar refractivity (Wildman–Crippen MR) is 285 cm³/mol. The molecule has 13 nitrogen and oxygen atoms in total. The normalized spacial score (nSPS) is 18.9. The second-order valence-corrected chi connectivity index (χ2v) is 22.3. The van der Waals surface area contributed by atoms with Crippen LogP contribution in [0.3, 0.4) is 0 Å². The molecule has 0 spiro atoms. The summed E-state index contributed by atoms with van der Waals surface area (Å²) in [5.74, 6) is -3.64. The molecule has 4 heterocycles. The molecule has 18 heteroatoms. The molecule has 2 atom stereocenters. The molecule has 2 unspecified atom stereocenters. The number of thiocarbonyl (C=S) groups is 1. The summed E-state index contributed by atoms with van der Waals surface area (Å²) in [4.78, 5) is 82.4. The van der Waals surface area contributed by atoms with E-state index in [1.807, 2.05) is 6.07 Å². The van der Waals surface area contributed by atoms with E-state index in [1.54, 1.807) is 17.8 Å². The fraction of sp³-hybridized carbons (Fsp3) is 0.264. The molecule has 10 rings (SSSR count). The van der Waals surface area contributed by atoms with Gasteiger partial charge in [-0.25, -0.2) is 0 Å². The number of amides is 1. The first-order chi connectivity index (χ1) is 34.3. The van der Waals surface area contributed by atoms with Gasteiger partial charge in [0.15, 0.2) is 0 Å². The number of thioether (sulfide) groups is 2. The minimum absolute atomic E-state index is 0.0490. The molecule has 4 aromatic carbocycles. The smallest absolute Gasteiger partial charge is 0.323 e. The molecule has 1 saturated heterocycles. The number of carbonyl (C=O) groups excluding carboxylic acids is 1. The monoisotopic (exact) mass is 1040 g/mol. The Morgan fingerprint density at radius 3 is 2.23 bits per heavy atom. The molecule has 6 aromatic rings. The summed E-state index contributed by atoms with van der Waals surface area (Å²) >= 11 is 10.1. The first-order valence-corrected chi connectivity index (χ1v) is 27.3. The Balaban J connectivity index is 1.06. The average Bonchev–Trinajstić information content (AvgIpc) is 4.19. The summed E-state index contributed by atoms with van der Waals surface area (Å²) in [6, 6.07) is 30.4. The molecular weight excluding hydrogens is 997 g/mol. The van der Waals surface area contributed by atoms with Crippen molar-refractivity contribution in [1.29, 1.82) is 0 Å². The van der Waals surface area contributed by atoms with Gasteiger partial charge in [0, 0.05) is 47.7 Å². The maximum Gasteiger partial charge on any atom is 0.323 e. The van der Waals surface area contributed by atoms with E-state index in [0.29, 0.717) is 19.3 Å². The van der Waals surface area contributed by atoms with E-state index < -0.39 is 41.5 Å². The fourth-order valence-corrected chi connectivity index (χ4v) is 14.5. The number of hydrogen-bond donors (Lipinski definition) is 3. The van der Waals surface area contributed by atoms with Crippen LogP contribution in [0, 0.1) is 9.20 Å². The molecule has 4 aliphatic rings. The highest BCUT2D eigenvalue weighted by molar-refractivity contribution is 8.30. The van der Waals surface area contributed by atoms with Crippen molar-refractivity contribution in [2.24, 2.45) is 0 Å². The molecule has 0 radical (unpaired) electrons. The van der Waals surface area contributed by atoms with Crippen molar-refractivity contribution in [2.45, 2.75) is 81.3 Å². The Hall–Kier alpha value is -6.31. The minimum Gasteiger partial charge on any atom is -0.481 e. The number of fused-ring (bicyclic) bond motifs is 6. The summed E-state index contributed by atoms with van der Waals surface area (Å²) in [5, 5.41) is 28.5. The van der Waals surface area contributed by atoms with Crippen molar-refractivity contribution in [3.63, 3.8) is 0 Å². The number of unbranched alkanes of at least 4 members (excludes halogenated alkanes) is 2. The first-order valence-electron chi connectivity index (χ1n) is 23.2. The van der Waals surface area contributed by atoms with E-state index in [1.165, 1.54) is 47.8 Å². The van der Waals surface area contributed by atoms with Gasteiger partial charge < -0.3 is 20.2 Å². The third-order valence-electron chi connectivity index (χ3n) is 13.5. The molecule has 3 N–H and O–H groups in total. The van der Waals surface area contributed by atoms with Gasteiger partial charge in [-0.15, -0.1) is 34.4 Å². The van der Waals surface area contributed by atoms with Crippen LogP contribution in [0.5, 0.6) is 0 Å². The van der Waals surface area contributed by atoms with Crippen LogP contribution >= 0.6 is 58.4 Å². The van der Waals surface area contributed by atoms with E-state index in [4.69, 9.17) is 17.3 Å². The van der Waals surface area contributed by atoms with Crippen LogP contribution in [-0.2, 0) is 32.3 Å². The molecule has 1 amide bonds. The van der Waals surface area contributed by atoms with Gasteiger partial charge in [0.1, 0.15) is 29.6 Å². The zero-order valence-electron chi connectivity index (χ0n) is 38.3. The van der Waals surface area contributed by atoms with Crippen molar-refractivity contribution in [3.05, 3.63) is 152 Å². The lowest BCUT2D eigenvalue weighted by Gasteiger charge is -2.28. The molecular formula is C53H46N4O9S5. The molecule has 2 aliphatic heterocycles. The topological polar surface area (TPSA) is 179 Å². The number of rotatable bonds is 15. The third-order valence-corrected chi connectivity index (χ3v) is 18.2. The first kappa shape index (κ1) is 48.3. The summed E-state index contributed by atoms with van der Waals surface area (Å²) in [6.45, 7) is -0.773. The zero-order valence-corrected chi connectivity index (χ0v) is 42.4. The van der Waals surface area contributed by atoms with Gasteiger partial charge in [0.25, 0.3) is 17.0 Å². The predicted octanol–water partition coefficient (Wildman–Crippen LogP) is 8.50. The summed E-state index contributed by atoms with van der Waals surface area (Å²) in [7, 11) is 0. The van der Waals surface area contributed by atoms with Gasteiger partial charge in [-0.2, -0.15) is 0 Å². The molecule has 2 fully saturated rings. The Morgan fingerprint density at radius 2 is 1.48 bits per heavy atom. The lowest BCUT2D eigenvalue weighted by molar-refractivity contribution is -0.138. The quantitative estimate of drug-likeness (QED) is 0.0506. The van der Waals surface area contributed by atoms with Crippen molar-refractivity contribution in [1.82, 2.24) is 14.0 Å². The second-order valence-electron chi connectivity index (χ2n) is 17.8. The summed E-state index contributed by atoms with van der Waals surface area (Å²) in [5.41, 5.74) is 10.2. The minimum atomic E-state index is -1.28. The van der Waals surface area contributed by atoms with E-state index >= 15 is 0 Å². The average molecular weight is 1040 g/mol. The number of carbonyl (C=O) groups is 4. The summed E-state index contributed by atoms with van der Waals surface area (Å²) in [6.07, 6.45) is 10.0. The molecule has 0 bridgehead atoms. The number of aromatic nitrogens is 2. The second kappa shape index (κ2) is 20.1. The Kier molecular flexibility index (Phi) is 13.7. The molecule has 71 heavy (non-hydrogen) atoms. The number of thiazole rings is 2. The SMILES string of the molecule is CSc1ccc(/C=C2\c3ccccc3-c3ccc(N4c5ccc(/C=c6\s/c(=c7/s/c(=C8/SC(=S)N(CCC(=O)O)C8=O)n(CCCCCC(=O)O)c7=O)n(CC(=O)O)c6=O)cc5C5CCCC54)cc32)cc1. The molecule has 362 valence electrons. The third kappa shape index (κ3) is 9.27. The Labute approximate surface area is 428 Å². The van der Waals surface area contributed by atoms with Gasteiger partial charge in [0.2, 0.25) is 0 Å². The molecule has 2 aliphatic carbocycles. The fourth-order valence-electron chi connectivity index (χ4n) is 10.2. The van der Waals surface area contributed by atoms with Crippen molar-refractivity contribution < 1.29 is 34.5 Å². The Bertz CT molecular complexity index is 3610. The summed E-state index contributed by atoms with van der Waals surface area (Å²) < 4.78 is 3.27. The molecule has 1 saturated carbocycles. The largest absolute Gasteiger partial charge is 0.481 e. The number of carboxylic acids is 3. The van der Waals surface area contributed by atoms with Crippen LogP contribution in [0.2, 0.25) is 0 Å². The van der Waals surface area contributed by atoms with E-state index in [-0.39, 0.29) is 65.5 Å². The van der Waals surface area contributed by atoms with Crippen LogP contribution in [0.1, 0.15) is 85.1 Å². The number of hydrogen-bond acceptors (Lipinski definition) is 12. The maximum atomic E-state index is 14.5. The van der Waals surface area contributed by atoms with Crippen LogP contribution in [0.15, 0.2) is 99.4 Å². The number of carboxylic acid groups (broad SMARTS) is 3. The van der Waals surface area contributed by atoms with Crippen LogP contribution in [-0.4, -0.2) is 76.3 Å². The van der Waals surface area contributed by atoms with Gasteiger partial charge in [-0.3, -0.25) is 42.8 Å². The highest BCUT2D eigenvalue weighted by Crippen LogP contribution is 2.54. The molecule has 2 aromatic heterocycles. The van der Waals surface area contributed by atoms with Crippen molar-refractivity contribution >= 4 is 121 Å². The van der Waals surface area contributed by atoms with Gasteiger partial charge >= 0.3 is 17.9 Å². The highest BCUT2D eigenvalue weighted by atomic mass is 32.2. The maximum absolute atomic E-state index is 14.5. The van der Waals surface area contributed by atoms with E-state index in [9.17, 15) is 39.0 Å². The lowest BCUT2D eigenvalue weighted by atomic mass is 9.96. The van der Waals surface area contributed by atoms with Gasteiger partial charge in [-0.05, 0) is 125 Å². The standard InChI is InChI=1S/C53H46N4O9S5/c1-68-32-17-13-29(14-18-32)24-37-34-9-5-4-8-33(34)35-19-16-31(27-38(35)37)57-40-11-7-10-36(40)39-25-30(15-20-41(39)57)26-42-48(64)56(28-45(62)63)52(69-42)46-49(65)54(22-6-2-3-12-43(58)59)51(70-46)47-50(66)55(53(67)71-47)23-21-44(60)61/h4-5,8-9,13-20,24-27,36,40H,2-3,6-7,10-12,21-23,28H2,1H3,(H,58,59)(H,60,61)(H,62,63)/b37-24+,42-26-,51-47+,52-46+. The number of nitrogens with zero attached hydrogens (tertiary/aromatic N) is 4. The Morgan fingerprint density at radius 1 is 0.732 bits per heavy atom.